The summed E-state index contributed by atoms with van der Waals surface area (Å²) in [6, 6.07) is 17.6. The van der Waals surface area contributed by atoms with Crippen molar-refractivity contribution in [2.45, 2.75) is 83.6 Å². The number of aliphatic hydroxyl groups excluding tert-OH is 2. The number of carbonyl (C=O) groups is 2. The Bertz CT molecular complexity index is 1860. The molecule has 0 bridgehead atoms. The molecular formula is C39H47N7O4. The summed E-state index contributed by atoms with van der Waals surface area (Å²) in [5.41, 5.74) is 7.89. The zero-order valence-corrected chi connectivity index (χ0v) is 28.9. The van der Waals surface area contributed by atoms with E-state index in [0.717, 1.165) is 91.7 Å². The molecule has 3 aliphatic rings. The van der Waals surface area contributed by atoms with Crippen LogP contribution in [0.5, 0.6) is 0 Å². The monoisotopic (exact) mass is 677 g/mol. The van der Waals surface area contributed by atoms with Crippen molar-refractivity contribution in [3.8, 4) is 11.1 Å². The van der Waals surface area contributed by atoms with Crippen LogP contribution < -0.4 is 10.6 Å². The van der Waals surface area contributed by atoms with Crippen molar-refractivity contribution in [3.05, 3.63) is 94.6 Å². The number of nitrogens with zero attached hydrogens (tertiary/aromatic N) is 5. The molecule has 50 heavy (non-hydrogen) atoms. The first-order valence-corrected chi connectivity index (χ1v) is 17.9. The van der Waals surface area contributed by atoms with Crippen LogP contribution in [0.1, 0.15) is 87.9 Å². The number of amides is 2. The second-order valence-corrected chi connectivity index (χ2v) is 14.0. The molecule has 0 unspecified atom stereocenters. The van der Waals surface area contributed by atoms with E-state index in [1.807, 2.05) is 67.1 Å². The molecule has 3 atom stereocenters. The quantitative estimate of drug-likeness (QED) is 0.187. The van der Waals surface area contributed by atoms with Gasteiger partial charge in [-0.05, 0) is 105 Å². The van der Waals surface area contributed by atoms with E-state index < -0.39 is 0 Å². The van der Waals surface area contributed by atoms with E-state index in [2.05, 4.69) is 25.4 Å². The van der Waals surface area contributed by atoms with E-state index in [-0.39, 0.29) is 36.6 Å². The van der Waals surface area contributed by atoms with Crippen LogP contribution in [0.2, 0.25) is 0 Å². The van der Waals surface area contributed by atoms with Gasteiger partial charge < -0.3 is 20.8 Å². The Morgan fingerprint density at radius 3 is 2.20 bits per heavy atom. The van der Waals surface area contributed by atoms with E-state index in [4.69, 9.17) is 5.10 Å². The predicted molar refractivity (Wildman–Crippen MR) is 193 cm³/mol. The Balaban J connectivity index is 1.05. The largest absolute Gasteiger partial charge is 0.395 e. The fraction of sp³-hybridized carbons (Fsp3) is 0.436. The second-order valence-electron chi connectivity index (χ2n) is 14.0. The van der Waals surface area contributed by atoms with Gasteiger partial charge in [-0.2, -0.15) is 5.10 Å². The molecule has 3 aliphatic heterocycles. The summed E-state index contributed by atoms with van der Waals surface area (Å²) in [6.45, 7) is 8.06. The maximum absolute atomic E-state index is 13.6. The molecule has 11 nitrogen and oxygen atoms in total. The smallest absolute Gasteiger partial charge is 0.276 e. The van der Waals surface area contributed by atoms with Gasteiger partial charge in [-0.1, -0.05) is 36.8 Å². The fourth-order valence-electron chi connectivity index (χ4n) is 7.90. The summed E-state index contributed by atoms with van der Waals surface area (Å²) >= 11 is 0. The summed E-state index contributed by atoms with van der Waals surface area (Å²) < 4.78 is 1.98. The van der Waals surface area contributed by atoms with E-state index >= 15 is 0 Å². The zero-order valence-electron chi connectivity index (χ0n) is 28.9. The van der Waals surface area contributed by atoms with Gasteiger partial charge in [-0.25, -0.2) is 0 Å². The Morgan fingerprint density at radius 1 is 0.840 bits per heavy atom. The Morgan fingerprint density at radius 2 is 1.56 bits per heavy atom. The highest BCUT2D eigenvalue weighted by atomic mass is 16.3. The van der Waals surface area contributed by atoms with Crippen LogP contribution in [-0.2, 0) is 13.1 Å². The van der Waals surface area contributed by atoms with Gasteiger partial charge in [-0.15, -0.1) is 0 Å². The van der Waals surface area contributed by atoms with Crippen LogP contribution in [0.25, 0.3) is 11.1 Å². The maximum Gasteiger partial charge on any atom is 0.276 e. The number of rotatable bonds is 9. The van der Waals surface area contributed by atoms with E-state index in [1.165, 1.54) is 0 Å². The number of hydrogen-bond acceptors (Lipinski definition) is 8. The molecule has 2 fully saturated rings. The zero-order chi connectivity index (χ0) is 34.8. The van der Waals surface area contributed by atoms with E-state index in [1.54, 1.807) is 12.3 Å². The summed E-state index contributed by atoms with van der Waals surface area (Å²) in [7, 11) is 0. The number of pyridine rings is 1. The number of aryl methyl sites for hydroxylation is 1. The molecule has 2 saturated heterocycles. The average molecular weight is 678 g/mol. The van der Waals surface area contributed by atoms with Crippen LogP contribution in [0.4, 0.5) is 11.4 Å². The van der Waals surface area contributed by atoms with E-state index in [0.29, 0.717) is 35.9 Å². The van der Waals surface area contributed by atoms with Crippen LogP contribution >= 0.6 is 0 Å². The minimum Gasteiger partial charge on any atom is -0.395 e. The molecular weight excluding hydrogens is 630 g/mol. The maximum atomic E-state index is 13.6. The molecule has 0 spiro atoms. The number of fused-ring (bicyclic) bond motifs is 1. The van der Waals surface area contributed by atoms with Crippen molar-refractivity contribution in [2.24, 2.45) is 0 Å². The van der Waals surface area contributed by atoms with Crippen LogP contribution in [0.3, 0.4) is 0 Å². The van der Waals surface area contributed by atoms with Crippen molar-refractivity contribution >= 4 is 23.2 Å². The molecule has 2 aromatic carbocycles. The molecule has 5 heterocycles. The molecule has 2 aromatic heterocycles. The van der Waals surface area contributed by atoms with Gasteiger partial charge >= 0.3 is 0 Å². The minimum atomic E-state index is -0.289. The molecule has 2 amide bonds. The first-order valence-electron chi connectivity index (χ1n) is 17.9. The molecule has 4 N–H and O–H groups in total. The lowest BCUT2D eigenvalue weighted by atomic mass is 9.94. The molecule has 7 rings (SSSR count). The Hall–Kier alpha value is -4.42. The highest BCUT2D eigenvalue weighted by molar-refractivity contribution is 6.05. The summed E-state index contributed by atoms with van der Waals surface area (Å²) in [5.74, 6) is -0.541. The predicted octanol–water partition coefficient (Wildman–Crippen LogP) is 5.31. The number of piperidine rings is 1. The normalized spacial score (nSPS) is 21.2. The van der Waals surface area contributed by atoms with Gasteiger partial charge in [0.05, 0.1) is 24.4 Å². The highest BCUT2D eigenvalue weighted by Crippen LogP contribution is 2.37. The van der Waals surface area contributed by atoms with Crippen LogP contribution in [0.15, 0.2) is 60.8 Å². The number of carbonyl (C=O) groups excluding carboxylic acids is 2. The number of likely N-dealkylation sites (tertiary alicyclic amines) is 2. The molecule has 0 radical (unpaired) electrons. The van der Waals surface area contributed by atoms with Gasteiger partial charge in [0.25, 0.3) is 11.8 Å². The molecule has 0 aliphatic carbocycles. The van der Waals surface area contributed by atoms with E-state index in [9.17, 15) is 19.8 Å². The SMILES string of the molecule is Cc1c(NC(=O)c2ccc(CN3CC[C@@H](O)C3)cn2)cccc1-c1cccc(NC(=O)c2cc3n(n2)CCC[C@H]3N2CCCC[C@@H]2CO)c1C. The van der Waals surface area contributed by atoms with Crippen LogP contribution in [0, 0.1) is 13.8 Å². The number of aliphatic hydroxyl groups is 2. The summed E-state index contributed by atoms with van der Waals surface area (Å²) in [5, 5.41) is 30.7. The number of anilines is 2. The van der Waals surface area contributed by atoms with Crippen molar-refractivity contribution < 1.29 is 19.8 Å². The van der Waals surface area contributed by atoms with Crippen LogP contribution in [-0.4, -0.2) is 85.0 Å². The third-order valence-electron chi connectivity index (χ3n) is 10.7. The van der Waals surface area contributed by atoms with Gasteiger partial charge in [0.15, 0.2) is 5.69 Å². The molecule has 11 heteroatoms. The summed E-state index contributed by atoms with van der Waals surface area (Å²) in [6.07, 6.45) is 7.48. The van der Waals surface area contributed by atoms with Gasteiger partial charge in [-0.3, -0.25) is 29.1 Å². The first-order chi connectivity index (χ1) is 24.3. The standard InChI is InChI=1S/C39H47N7O4/c1-25-30(9-5-11-32(25)41-38(49)34-15-14-27(21-40-34)22-44-19-16-29(48)23-44)31-10-6-12-33(26(31)2)42-39(50)35-20-37-36(13-7-18-46(37)43-35)45-17-4-3-8-28(45)24-47/h5-6,9-12,14-15,20-21,28-29,36,47-48H,3-4,7-8,13,16-19,22-24H2,1-2H3,(H,41,49)(H,42,50)/t28-,29-,36-/m1/s1. The topological polar surface area (TPSA) is 136 Å². The van der Waals surface area contributed by atoms with Gasteiger partial charge in [0.1, 0.15) is 5.69 Å². The third kappa shape index (κ3) is 7.09. The highest BCUT2D eigenvalue weighted by Gasteiger charge is 2.34. The first kappa shape index (κ1) is 34.0. The lowest BCUT2D eigenvalue weighted by Crippen LogP contribution is -2.45. The Kier molecular flexibility index (Phi) is 10.1. The number of aromatic nitrogens is 3. The van der Waals surface area contributed by atoms with Crippen molar-refractivity contribution in [1.29, 1.82) is 0 Å². The number of nitrogens with one attached hydrogen (secondary N) is 2. The number of benzene rings is 2. The average Bonchev–Trinajstić information content (AvgIpc) is 3.76. The minimum absolute atomic E-state index is 0.151. The van der Waals surface area contributed by atoms with Crippen molar-refractivity contribution in [2.75, 3.05) is 36.9 Å². The molecule has 4 aromatic rings. The number of β-amino-alcohol motifs (C(OH)–C–C–N with tert-alkyl or cyclic N) is 1. The fourth-order valence-corrected chi connectivity index (χ4v) is 7.90. The lowest BCUT2D eigenvalue weighted by Gasteiger charge is -2.42. The van der Waals surface area contributed by atoms with Crippen molar-refractivity contribution in [1.82, 2.24) is 24.6 Å². The van der Waals surface area contributed by atoms with Gasteiger partial charge in [0.2, 0.25) is 0 Å². The molecule has 0 saturated carbocycles. The summed E-state index contributed by atoms with van der Waals surface area (Å²) in [4.78, 5) is 35.9. The van der Waals surface area contributed by atoms with Crippen molar-refractivity contribution in [3.63, 3.8) is 0 Å². The van der Waals surface area contributed by atoms with Gasteiger partial charge in [0, 0.05) is 49.8 Å². The Labute approximate surface area is 293 Å². The lowest BCUT2D eigenvalue weighted by molar-refractivity contribution is 0.0393. The molecule has 262 valence electrons. The third-order valence-corrected chi connectivity index (χ3v) is 10.7. The second kappa shape index (κ2) is 14.8. The number of hydrogen-bond donors (Lipinski definition) is 4.